The Hall–Kier alpha value is -1.03. The summed E-state index contributed by atoms with van der Waals surface area (Å²) in [6.45, 7) is 0. The van der Waals surface area contributed by atoms with Crippen LogP contribution < -0.4 is 5.76 Å². The number of aryl methyl sites for hydroxylation is 1. The van der Waals surface area contributed by atoms with Gasteiger partial charge in [0, 0.05) is 11.9 Å². The highest BCUT2D eigenvalue weighted by Crippen LogP contribution is 2.52. The molecule has 0 saturated heterocycles. The zero-order valence-electron chi connectivity index (χ0n) is 12.2. The fourth-order valence-electron chi connectivity index (χ4n) is 4.41. The van der Waals surface area contributed by atoms with Crippen molar-refractivity contribution in [2.24, 2.45) is 24.8 Å². The van der Waals surface area contributed by atoms with Crippen molar-refractivity contribution in [1.82, 2.24) is 4.57 Å². The van der Waals surface area contributed by atoms with Gasteiger partial charge in [-0.25, -0.2) is 4.79 Å². The number of oxazole rings is 1. The van der Waals surface area contributed by atoms with Crippen LogP contribution in [0.1, 0.15) is 42.5 Å². The predicted molar refractivity (Wildman–Crippen MR) is 86.7 cm³/mol. The Morgan fingerprint density at radius 3 is 2.95 bits per heavy atom. The predicted octanol–water partition coefficient (Wildman–Crippen LogP) is 4.39. The maximum absolute atomic E-state index is 11.6. The highest BCUT2D eigenvalue weighted by Gasteiger charge is 2.39. The van der Waals surface area contributed by atoms with Gasteiger partial charge in [-0.2, -0.15) is 0 Å². The van der Waals surface area contributed by atoms with Crippen LogP contribution in [0.4, 0.5) is 0 Å². The molecule has 1 aromatic carbocycles. The first kappa shape index (κ1) is 13.6. The van der Waals surface area contributed by atoms with Crippen LogP contribution in [0.25, 0.3) is 11.1 Å². The minimum absolute atomic E-state index is 0.290. The molecule has 2 aromatic rings. The van der Waals surface area contributed by atoms with E-state index in [2.05, 4.69) is 22.0 Å². The van der Waals surface area contributed by atoms with E-state index in [0.29, 0.717) is 10.4 Å². The first-order valence-corrected chi connectivity index (χ1v) is 8.77. The third-order valence-corrected chi connectivity index (χ3v) is 6.47. The van der Waals surface area contributed by atoms with Crippen molar-refractivity contribution in [3.05, 3.63) is 34.3 Å². The van der Waals surface area contributed by atoms with Gasteiger partial charge in [-0.15, -0.1) is 0 Å². The molecule has 2 bridgehead atoms. The lowest BCUT2D eigenvalue weighted by molar-refractivity contribution is 0.314. The molecule has 4 unspecified atom stereocenters. The summed E-state index contributed by atoms with van der Waals surface area (Å²) in [5.41, 5.74) is 2.78. The minimum Gasteiger partial charge on any atom is -0.408 e. The summed E-state index contributed by atoms with van der Waals surface area (Å²) in [4.78, 5) is 11.9. The molecule has 2 aliphatic rings. The van der Waals surface area contributed by atoms with Crippen molar-refractivity contribution in [2.45, 2.75) is 36.9 Å². The van der Waals surface area contributed by atoms with Crippen molar-refractivity contribution >= 4 is 27.0 Å². The fraction of sp³-hybridized carbons (Fsp3) is 0.588. The van der Waals surface area contributed by atoms with Crippen LogP contribution in [-0.2, 0) is 7.05 Å². The molecular formula is C17H20BrNO2. The van der Waals surface area contributed by atoms with Gasteiger partial charge in [-0.05, 0) is 61.1 Å². The molecular weight excluding hydrogens is 330 g/mol. The largest absolute Gasteiger partial charge is 0.419 e. The molecule has 0 N–H and O–H groups in total. The number of hydrogen-bond donors (Lipinski definition) is 0. The summed E-state index contributed by atoms with van der Waals surface area (Å²) < 4.78 is 6.85. The highest BCUT2D eigenvalue weighted by atomic mass is 79.9. The van der Waals surface area contributed by atoms with Crippen molar-refractivity contribution < 1.29 is 4.42 Å². The van der Waals surface area contributed by atoms with E-state index >= 15 is 0 Å². The van der Waals surface area contributed by atoms with Gasteiger partial charge < -0.3 is 4.42 Å². The second-order valence-corrected chi connectivity index (χ2v) is 7.90. The maximum Gasteiger partial charge on any atom is 0.419 e. The van der Waals surface area contributed by atoms with Gasteiger partial charge in [0.2, 0.25) is 0 Å². The molecule has 0 radical (unpaired) electrons. The first-order chi connectivity index (χ1) is 10.1. The quantitative estimate of drug-likeness (QED) is 0.770. The van der Waals surface area contributed by atoms with Gasteiger partial charge >= 0.3 is 5.76 Å². The molecule has 2 aliphatic carbocycles. The van der Waals surface area contributed by atoms with Gasteiger partial charge in [-0.3, -0.25) is 4.57 Å². The van der Waals surface area contributed by atoms with Crippen LogP contribution in [0.15, 0.2) is 27.4 Å². The summed E-state index contributed by atoms with van der Waals surface area (Å²) in [6, 6.07) is 6.12. The molecule has 4 heteroatoms. The third kappa shape index (κ3) is 2.28. The van der Waals surface area contributed by atoms with Crippen LogP contribution in [0.5, 0.6) is 0 Å². The molecule has 0 aliphatic heterocycles. The van der Waals surface area contributed by atoms with Crippen LogP contribution >= 0.6 is 15.9 Å². The molecule has 4 rings (SSSR count). The monoisotopic (exact) mass is 349 g/mol. The Kier molecular flexibility index (Phi) is 3.25. The lowest BCUT2D eigenvalue weighted by Crippen LogP contribution is -2.12. The molecule has 4 atom stereocenters. The second kappa shape index (κ2) is 5.01. The summed E-state index contributed by atoms with van der Waals surface area (Å²) in [7, 11) is 1.74. The molecule has 0 spiro atoms. The maximum atomic E-state index is 11.6. The van der Waals surface area contributed by atoms with E-state index in [1.807, 2.05) is 12.1 Å². The molecule has 3 nitrogen and oxygen atoms in total. The van der Waals surface area contributed by atoms with Gasteiger partial charge in [0.15, 0.2) is 5.58 Å². The van der Waals surface area contributed by atoms with Crippen molar-refractivity contribution in [1.29, 1.82) is 0 Å². The third-order valence-electron chi connectivity index (χ3n) is 5.57. The Bertz CT molecular complexity index is 732. The Balaban J connectivity index is 1.56. The summed E-state index contributed by atoms with van der Waals surface area (Å²) in [5.74, 6) is 2.52. The number of aromatic nitrogens is 1. The Morgan fingerprint density at radius 1 is 1.38 bits per heavy atom. The van der Waals surface area contributed by atoms with E-state index in [-0.39, 0.29) is 5.76 Å². The number of fused-ring (bicyclic) bond motifs is 3. The number of nitrogens with zero attached hydrogens (tertiary/aromatic N) is 1. The number of halogens is 1. The second-order valence-electron chi connectivity index (χ2n) is 6.79. The van der Waals surface area contributed by atoms with Crippen LogP contribution in [0.3, 0.4) is 0 Å². The van der Waals surface area contributed by atoms with Gasteiger partial charge in [-0.1, -0.05) is 28.4 Å². The molecule has 2 saturated carbocycles. The highest BCUT2D eigenvalue weighted by molar-refractivity contribution is 9.09. The van der Waals surface area contributed by atoms with Crippen molar-refractivity contribution in [2.75, 3.05) is 0 Å². The fourth-order valence-corrected chi connectivity index (χ4v) is 5.18. The molecule has 2 fully saturated rings. The van der Waals surface area contributed by atoms with Gasteiger partial charge in [0.1, 0.15) is 0 Å². The average molecular weight is 350 g/mol. The van der Waals surface area contributed by atoms with Crippen LogP contribution in [0, 0.1) is 17.8 Å². The smallest absolute Gasteiger partial charge is 0.408 e. The van der Waals surface area contributed by atoms with E-state index in [4.69, 9.17) is 4.42 Å². The molecule has 112 valence electrons. The van der Waals surface area contributed by atoms with E-state index in [1.165, 1.54) is 37.7 Å². The Morgan fingerprint density at radius 2 is 2.24 bits per heavy atom. The van der Waals surface area contributed by atoms with E-state index in [1.54, 1.807) is 11.6 Å². The van der Waals surface area contributed by atoms with Crippen LogP contribution in [-0.4, -0.2) is 4.57 Å². The van der Waals surface area contributed by atoms with E-state index < -0.39 is 0 Å². The number of rotatable bonds is 3. The zero-order chi connectivity index (χ0) is 14.6. The molecule has 0 amide bonds. The lowest BCUT2D eigenvalue weighted by Gasteiger charge is -2.24. The summed E-state index contributed by atoms with van der Waals surface area (Å²) in [5, 5.41) is 0. The molecule has 21 heavy (non-hydrogen) atoms. The van der Waals surface area contributed by atoms with Crippen molar-refractivity contribution in [3.8, 4) is 0 Å². The summed E-state index contributed by atoms with van der Waals surface area (Å²) in [6.07, 6.45) is 6.95. The number of benzene rings is 1. The van der Waals surface area contributed by atoms with Gasteiger partial charge in [0.05, 0.1) is 5.52 Å². The topological polar surface area (TPSA) is 35.1 Å². The minimum atomic E-state index is -0.290. The lowest BCUT2D eigenvalue weighted by atomic mass is 9.84. The Labute approximate surface area is 132 Å². The van der Waals surface area contributed by atoms with E-state index in [9.17, 15) is 4.79 Å². The normalized spacial score (nSPS) is 29.3. The van der Waals surface area contributed by atoms with Crippen molar-refractivity contribution in [3.63, 3.8) is 0 Å². The van der Waals surface area contributed by atoms with Gasteiger partial charge in [0.25, 0.3) is 0 Å². The zero-order valence-corrected chi connectivity index (χ0v) is 13.8. The molecule has 1 heterocycles. The number of hydrogen-bond acceptors (Lipinski definition) is 2. The molecule has 1 aromatic heterocycles. The average Bonchev–Trinajstić information content (AvgIpc) is 3.15. The SMILES string of the molecule is Cn1c(=O)oc2cc(C(Br)CC3CC4CCC3C4)ccc21. The summed E-state index contributed by atoms with van der Waals surface area (Å²) >= 11 is 3.85. The first-order valence-electron chi connectivity index (χ1n) is 7.85. The van der Waals surface area contributed by atoms with E-state index in [0.717, 1.165) is 23.3 Å². The standard InChI is InChI=1S/C17H20BrNO2/c1-19-15-5-4-12(9-16(15)21-17(19)20)14(18)8-13-7-10-2-3-11(13)6-10/h4-5,9-11,13-14H,2-3,6-8H2,1H3. The number of alkyl halides is 1. The van der Waals surface area contributed by atoms with Crippen LogP contribution in [0.2, 0.25) is 0 Å².